The fourth-order valence-electron chi connectivity index (χ4n) is 3.37. The summed E-state index contributed by atoms with van der Waals surface area (Å²) in [6.07, 6.45) is 0.769. The van der Waals surface area contributed by atoms with E-state index in [9.17, 15) is 14.4 Å². The highest BCUT2D eigenvalue weighted by Crippen LogP contribution is 2.55. The molecular formula is C19H16N2O4S. The third-order valence-electron chi connectivity index (χ3n) is 4.57. The van der Waals surface area contributed by atoms with E-state index in [1.54, 1.807) is 29.2 Å². The number of carbonyl (C=O) groups is 3. The second-order valence-corrected chi connectivity index (χ2v) is 7.43. The number of ether oxygens (including phenoxy) is 1. The molecule has 2 amide bonds. The fourth-order valence-corrected chi connectivity index (χ4v) is 4.78. The van der Waals surface area contributed by atoms with Crippen LogP contribution in [0.4, 0.5) is 11.4 Å². The van der Waals surface area contributed by atoms with Crippen LogP contribution in [0.15, 0.2) is 53.4 Å². The minimum Gasteiger partial charge on any atom is -0.465 e. The number of amides is 2. The number of benzene rings is 2. The summed E-state index contributed by atoms with van der Waals surface area (Å²) in [6, 6.07) is 14.1. The Morgan fingerprint density at radius 3 is 2.81 bits per heavy atom. The predicted molar refractivity (Wildman–Crippen MR) is 98.2 cm³/mol. The standard InChI is InChI=1S/C19H16N2O4S/c1-25-17(23)12-5-4-6-13(11-12)20-18(24)19-10-9-16(22)21(19)14-7-2-3-8-15(14)26-19/h2-8,11H,9-10H2,1H3,(H,20,24). The molecule has 0 bridgehead atoms. The molecule has 6 nitrogen and oxygen atoms in total. The van der Waals surface area contributed by atoms with Gasteiger partial charge in [0.25, 0.3) is 5.91 Å². The van der Waals surface area contributed by atoms with Gasteiger partial charge in [-0.05, 0) is 36.8 Å². The summed E-state index contributed by atoms with van der Waals surface area (Å²) in [5.74, 6) is -0.799. The molecule has 0 saturated carbocycles. The molecule has 2 aromatic rings. The van der Waals surface area contributed by atoms with Crippen LogP contribution in [0.2, 0.25) is 0 Å². The van der Waals surface area contributed by atoms with Gasteiger partial charge in [-0.2, -0.15) is 0 Å². The Morgan fingerprint density at radius 2 is 2.00 bits per heavy atom. The molecule has 2 aliphatic rings. The Kier molecular flexibility index (Phi) is 3.96. The third kappa shape index (κ3) is 2.47. The Bertz CT molecular complexity index is 929. The number of carbonyl (C=O) groups excluding carboxylic acids is 3. The maximum Gasteiger partial charge on any atom is 0.337 e. The van der Waals surface area contributed by atoms with E-state index in [4.69, 9.17) is 4.74 Å². The first-order valence-corrected chi connectivity index (χ1v) is 8.98. The van der Waals surface area contributed by atoms with E-state index >= 15 is 0 Å². The van der Waals surface area contributed by atoms with Crippen molar-refractivity contribution in [2.75, 3.05) is 17.3 Å². The van der Waals surface area contributed by atoms with Crippen LogP contribution in [0.1, 0.15) is 23.2 Å². The van der Waals surface area contributed by atoms with Crippen LogP contribution in [0.3, 0.4) is 0 Å². The van der Waals surface area contributed by atoms with Gasteiger partial charge in [0.2, 0.25) is 5.91 Å². The molecule has 2 heterocycles. The normalized spacial score (nSPS) is 20.5. The summed E-state index contributed by atoms with van der Waals surface area (Å²) in [7, 11) is 1.31. The van der Waals surface area contributed by atoms with E-state index in [1.807, 2.05) is 24.3 Å². The molecule has 7 heteroatoms. The molecule has 0 spiro atoms. The Balaban J connectivity index is 1.65. The minimum atomic E-state index is -0.984. The topological polar surface area (TPSA) is 75.7 Å². The van der Waals surface area contributed by atoms with Gasteiger partial charge >= 0.3 is 5.97 Å². The number of fused-ring (bicyclic) bond motifs is 3. The molecule has 132 valence electrons. The number of esters is 1. The van der Waals surface area contributed by atoms with Gasteiger partial charge in [-0.3, -0.25) is 14.5 Å². The van der Waals surface area contributed by atoms with Crippen LogP contribution in [-0.2, 0) is 14.3 Å². The molecule has 1 unspecified atom stereocenters. The highest BCUT2D eigenvalue weighted by atomic mass is 32.2. The Hall–Kier alpha value is -2.80. The number of hydrogen-bond acceptors (Lipinski definition) is 5. The zero-order valence-electron chi connectivity index (χ0n) is 14.0. The second-order valence-electron chi connectivity index (χ2n) is 6.11. The number of nitrogens with zero attached hydrogens (tertiary/aromatic N) is 1. The van der Waals surface area contributed by atoms with Crippen molar-refractivity contribution >= 4 is 40.9 Å². The van der Waals surface area contributed by atoms with Crippen LogP contribution in [0.25, 0.3) is 0 Å². The van der Waals surface area contributed by atoms with Gasteiger partial charge < -0.3 is 10.1 Å². The Labute approximate surface area is 154 Å². The number of nitrogens with one attached hydrogen (secondary N) is 1. The lowest BCUT2D eigenvalue weighted by molar-refractivity contribution is -0.121. The number of para-hydroxylation sites is 1. The first kappa shape index (κ1) is 16.7. The average molecular weight is 368 g/mol. The first-order chi connectivity index (χ1) is 12.5. The number of rotatable bonds is 3. The van der Waals surface area contributed by atoms with E-state index in [2.05, 4.69) is 5.32 Å². The summed E-state index contributed by atoms with van der Waals surface area (Å²) in [6.45, 7) is 0. The SMILES string of the molecule is COC(=O)c1cccc(NC(=O)C23CCC(=O)N2c2ccccc2S3)c1. The van der Waals surface area contributed by atoms with Crippen molar-refractivity contribution in [2.24, 2.45) is 0 Å². The van der Waals surface area contributed by atoms with Gasteiger partial charge in [0.15, 0.2) is 4.87 Å². The summed E-state index contributed by atoms with van der Waals surface area (Å²) < 4.78 is 4.71. The number of hydrogen-bond donors (Lipinski definition) is 1. The molecule has 1 fully saturated rings. The van der Waals surface area contributed by atoms with Gasteiger partial charge in [-0.15, -0.1) is 0 Å². The third-order valence-corrected chi connectivity index (χ3v) is 6.04. The lowest BCUT2D eigenvalue weighted by atomic mass is 10.1. The monoisotopic (exact) mass is 368 g/mol. The van der Waals surface area contributed by atoms with Crippen molar-refractivity contribution in [1.82, 2.24) is 0 Å². The molecule has 1 atom stereocenters. The summed E-state index contributed by atoms with van der Waals surface area (Å²) >= 11 is 1.40. The lowest BCUT2D eigenvalue weighted by Gasteiger charge is -2.29. The molecule has 0 aliphatic carbocycles. The van der Waals surface area contributed by atoms with Crippen LogP contribution in [0.5, 0.6) is 0 Å². The van der Waals surface area contributed by atoms with Crippen LogP contribution in [-0.4, -0.2) is 29.8 Å². The van der Waals surface area contributed by atoms with Gasteiger partial charge in [-0.1, -0.05) is 30.0 Å². The number of thioether (sulfide) groups is 1. The quantitative estimate of drug-likeness (QED) is 0.843. The van der Waals surface area contributed by atoms with Crippen molar-refractivity contribution < 1.29 is 19.1 Å². The molecule has 4 rings (SSSR count). The average Bonchev–Trinajstić information content (AvgIpc) is 3.17. The van der Waals surface area contributed by atoms with E-state index < -0.39 is 10.8 Å². The summed E-state index contributed by atoms with van der Waals surface area (Å²) in [5.41, 5.74) is 1.62. The molecule has 0 aromatic heterocycles. The van der Waals surface area contributed by atoms with Crippen LogP contribution >= 0.6 is 11.8 Å². The van der Waals surface area contributed by atoms with E-state index in [1.165, 1.54) is 18.9 Å². The first-order valence-electron chi connectivity index (χ1n) is 8.16. The smallest absolute Gasteiger partial charge is 0.337 e. The highest BCUT2D eigenvalue weighted by molar-refractivity contribution is 8.02. The minimum absolute atomic E-state index is 0.0547. The van der Waals surface area contributed by atoms with Gasteiger partial charge in [-0.25, -0.2) is 4.79 Å². The van der Waals surface area contributed by atoms with Crippen molar-refractivity contribution in [3.05, 3.63) is 54.1 Å². The zero-order chi connectivity index (χ0) is 18.3. The molecule has 2 aliphatic heterocycles. The zero-order valence-corrected chi connectivity index (χ0v) is 14.8. The van der Waals surface area contributed by atoms with E-state index in [-0.39, 0.29) is 11.8 Å². The van der Waals surface area contributed by atoms with Crippen molar-refractivity contribution in [2.45, 2.75) is 22.6 Å². The van der Waals surface area contributed by atoms with E-state index in [0.29, 0.717) is 24.1 Å². The van der Waals surface area contributed by atoms with Gasteiger partial charge in [0.1, 0.15) is 0 Å². The second kappa shape index (κ2) is 6.17. The maximum absolute atomic E-state index is 13.1. The van der Waals surface area contributed by atoms with E-state index in [0.717, 1.165) is 10.6 Å². The molecule has 26 heavy (non-hydrogen) atoms. The lowest BCUT2D eigenvalue weighted by Crippen LogP contribution is -2.49. The maximum atomic E-state index is 13.1. The van der Waals surface area contributed by atoms with Crippen molar-refractivity contribution in [3.8, 4) is 0 Å². The summed E-state index contributed by atoms with van der Waals surface area (Å²) in [4.78, 5) is 38.8. The molecule has 1 N–H and O–H groups in total. The molecular weight excluding hydrogens is 352 g/mol. The molecule has 0 radical (unpaired) electrons. The van der Waals surface area contributed by atoms with Crippen LogP contribution in [0, 0.1) is 0 Å². The van der Waals surface area contributed by atoms with Gasteiger partial charge in [0.05, 0.1) is 18.4 Å². The van der Waals surface area contributed by atoms with Crippen molar-refractivity contribution in [3.63, 3.8) is 0 Å². The van der Waals surface area contributed by atoms with Gasteiger partial charge in [0, 0.05) is 17.0 Å². The molecule has 2 aromatic carbocycles. The highest BCUT2D eigenvalue weighted by Gasteiger charge is 2.57. The van der Waals surface area contributed by atoms with Crippen molar-refractivity contribution in [1.29, 1.82) is 0 Å². The number of methoxy groups -OCH3 is 1. The Morgan fingerprint density at radius 1 is 1.19 bits per heavy atom. The summed E-state index contributed by atoms with van der Waals surface area (Å²) in [5, 5.41) is 2.86. The number of anilines is 2. The predicted octanol–water partition coefficient (Wildman–Crippen LogP) is 3.04. The van der Waals surface area contributed by atoms with Crippen LogP contribution < -0.4 is 10.2 Å². The molecule has 1 saturated heterocycles. The largest absolute Gasteiger partial charge is 0.465 e. The fraction of sp³-hybridized carbons (Fsp3) is 0.211.